The van der Waals surface area contributed by atoms with Crippen LogP contribution >= 0.6 is 0 Å². The third-order valence-electron chi connectivity index (χ3n) is 1.74. The molecular formula is C7H7F7O4S. The first-order valence-corrected chi connectivity index (χ1v) is 5.53. The highest BCUT2D eigenvalue weighted by atomic mass is 32.2. The van der Waals surface area contributed by atoms with Crippen molar-refractivity contribution in [2.24, 2.45) is 0 Å². The minimum atomic E-state index is -5.32. The van der Waals surface area contributed by atoms with Crippen LogP contribution in [0.2, 0.25) is 0 Å². The van der Waals surface area contributed by atoms with Gasteiger partial charge < -0.3 is 9.29 Å². The second-order valence-corrected chi connectivity index (χ2v) is 4.22. The lowest BCUT2D eigenvalue weighted by atomic mass is 10.2. The van der Waals surface area contributed by atoms with Crippen molar-refractivity contribution >= 4 is 17.0 Å². The topological polar surface area (TPSA) is 63.6 Å². The van der Waals surface area contributed by atoms with Crippen molar-refractivity contribution in [1.82, 2.24) is 0 Å². The molecule has 0 aliphatic carbocycles. The van der Waals surface area contributed by atoms with Crippen LogP contribution in [0.15, 0.2) is 0 Å². The van der Waals surface area contributed by atoms with Gasteiger partial charge in [0.15, 0.2) is 0 Å². The first kappa shape index (κ1) is 18.1. The molecule has 0 saturated carbocycles. The summed E-state index contributed by atoms with van der Waals surface area (Å²) in [6, 6.07) is 0. The second-order valence-electron chi connectivity index (χ2n) is 3.21. The molecule has 4 nitrogen and oxygen atoms in total. The number of alkyl halides is 7. The number of hydrogen-bond acceptors (Lipinski definition) is 3. The number of rotatable bonds is 6. The molecule has 114 valence electrons. The number of esters is 1. The van der Waals surface area contributed by atoms with Crippen molar-refractivity contribution in [3.8, 4) is 0 Å². The molecule has 0 aliphatic rings. The molecule has 0 radical (unpaired) electrons. The van der Waals surface area contributed by atoms with Crippen LogP contribution in [0.5, 0.6) is 0 Å². The normalized spacial score (nSPS) is 15.2. The molecule has 0 aromatic carbocycles. The summed E-state index contributed by atoms with van der Waals surface area (Å²) in [5, 5.41) is -5.25. The van der Waals surface area contributed by atoms with Crippen molar-refractivity contribution in [2.75, 3.05) is 6.61 Å². The van der Waals surface area contributed by atoms with Gasteiger partial charge in [-0.1, -0.05) is 0 Å². The van der Waals surface area contributed by atoms with E-state index >= 15 is 0 Å². The van der Waals surface area contributed by atoms with Crippen molar-refractivity contribution in [3.63, 3.8) is 0 Å². The maximum atomic E-state index is 12.7. The SMILES string of the molecule is O=C(OCCCC(F)(F)C(F)(F)S(=O)O)C(F)(F)F. The molecule has 1 atom stereocenters. The summed E-state index contributed by atoms with van der Waals surface area (Å²) in [5.41, 5.74) is 0. The second kappa shape index (κ2) is 6.03. The summed E-state index contributed by atoms with van der Waals surface area (Å²) in [4.78, 5) is 10.1. The van der Waals surface area contributed by atoms with E-state index in [-0.39, 0.29) is 0 Å². The molecule has 0 rings (SSSR count). The van der Waals surface area contributed by atoms with Gasteiger partial charge in [0.2, 0.25) is 11.1 Å². The molecule has 0 heterocycles. The Hall–Kier alpha value is -0.910. The van der Waals surface area contributed by atoms with Gasteiger partial charge in [-0.3, -0.25) is 0 Å². The fourth-order valence-electron chi connectivity index (χ4n) is 0.814. The smallest absolute Gasteiger partial charge is 0.459 e. The van der Waals surface area contributed by atoms with Crippen molar-refractivity contribution in [2.45, 2.75) is 30.2 Å². The number of halogens is 7. The Balaban J connectivity index is 4.29. The predicted molar refractivity (Wildman–Crippen MR) is 46.9 cm³/mol. The number of carbonyl (C=O) groups excluding carboxylic acids is 1. The zero-order chi connectivity index (χ0) is 15.5. The number of hydrogen-bond donors (Lipinski definition) is 1. The Morgan fingerprint density at radius 2 is 1.58 bits per heavy atom. The van der Waals surface area contributed by atoms with Crippen LogP contribution in [0.1, 0.15) is 12.8 Å². The van der Waals surface area contributed by atoms with E-state index < -0.39 is 53.9 Å². The summed E-state index contributed by atoms with van der Waals surface area (Å²) in [7, 11) is 0. The quantitative estimate of drug-likeness (QED) is 0.353. The first-order valence-electron chi connectivity index (χ1n) is 4.43. The van der Waals surface area contributed by atoms with Crippen LogP contribution in [-0.4, -0.2) is 38.7 Å². The maximum absolute atomic E-state index is 12.7. The van der Waals surface area contributed by atoms with Crippen molar-refractivity contribution in [1.29, 1.82) is 0 Å². The van der Waals surface area contributed by atoms with Gasteiger partial charge in [-0.2, -0.15) is 30.7 Å². The number of ether oxygens (including phenoxy) is 1. The van der Waals surface area contributed by atoms with Gasteiger partial charge in [-0.15, -0.1) is 0 Å². The van der Waals surface area contributed by atoms with Crippen LogP contribution in [0, 0.1) is 0 Å². The lowest BCUT2D eigenvalue weighted by molar-refractivity contribution is -0.201. The fourth-order valence-corrected chi connectivity index (χ4v) is 1.17. The highest BCUT2D eigenvalue weighted by Crippen LogP contribution is 2.39. The van der Waals surface area contributed by atoms with Gasteiger partial charge in [0.05, 0.1) is 6.61 Å². The fraction of sp³-hybridized carbons (Fsp3) is 0.857. The lowest BCUT2D eigenvalue weighted by Crippen LogP contribution is -2.44. The van der Waals surface area contributed by atoms with Gasteiger partial charge in [0.1, 0.15) is 0 Å². The van der Waals surface area contributed by atoms with Crippen LogP contribution in [0.25, 0.3) is 0 Å². The van der Waals surface area contributed by atoms with E-state index in [2.05, 4.69) is 4.74 Å². The van der Waals surface area contributed by atoms with E-state index in [1.165, 1.54) is 0 Å². The largest absolute Gasteiger partial charge is 0.490 e. The third kappa shape index (κ3) is 4.93. The van der Waals surface area contributed by atoms with E-state index in [1.807, 2.05) is 0 Å². The Labute approximate surface area is 104 Å². The molecule has 0 aromatic rings. The van der Waals surface area contributed by atoms with E-state index in [0.29, 0.717) is 0 Å². The van der Waals surface area contributed by atoms with Gasteiger partial charge in [-0.25, -0.2) is 9.00 Å². The molecule has 0 amide bonds. The van der Waals surface area contributed by atoms with Gasteiger partial charge in [0, 0.05) is 6.42 Å². The molecule has 0 saturated heterocycles. The lowest BCUT2D eigenvalue weighted by Gasteiger charge is -2.23. The highest BCUT2D eigenvalue weighted by Gasteiger charge is 2.60. The average molecular weight is 320 g/mol. The maximum Gasteiger partial charge on any atom is 0.490 e. The average Bonchev–Trinajstić information content (AvgIpc) is 2.22. The molecule has 19 heavy (non-hydrogen) atoms. The minimum Gasteiger partial charge on any atom is -0.459 e. The van der Waals surface area contributed by atoms with E-state index in [9.17, 15) is 39.7 Å². The van der Waals surface area contributed by atoms with Crippen LogP contribution in [0.3, 0.4) is 0 Å². The summed E-state index contributed by atoms with van der Waals surface area (Å²) >= 11 is -4.14. The molecule has 0 bridgehead atoms. The summed E-state index contributed by atoms with van der Waals surface area (Å²) < 4.78 is 107. The zero-order valence-electron chi connectivity index (χ0n) is 8.85. The monoisotopic (exact) mass is 320 g/mol. The Kier molecular flexibility index (Phi) is 5.74. The van der Waals surface area contributed by atoms with Gasteiger partial charge in [-0.05, 0) is 6.42 Å². The minimum absolute atomic E-state index is 1.04. The molecule has 1 unspecified atom stereocenters. The zero-order valence-corrected chi connectivity index (χ0v) is 9.66. The van der Waals surface area contributed by atoms with Crippen LogP contribution in [0.4, 0.5) is 30.7 Å². The van der Waals surface area contributed by atoms with E-state index in [4.69, 9.17) is 4.55 Å². The standard InChI is InChI=1S/C7H7F7O4S/c8-5(9,7(13,14)19(16)17)2-1-3-18-4(15)6(10,11)12/h1-3H2,(H,16,17). The van der Waals surface area contributed by atoms with E-state index in [0.717, 1.165) is 0 Å². The van der Waals surface area contributed by atoms with Crippen LogP contribution < -0.4 is 0 Å². The van der Waals surface area contributed by atoms with Crippen LogP contribution in [-0.2, 0) is 20.6 Å². The molecule has 12 heteroatoms. The molecule has 0 aliphatic heterocycles. The molecule has 1 N–H and O–H groups in total. The summed E-state index contributed by atoms with van der Waals surface area (Å²) in [6.07, 6.45) is -8.09. The Morgan fingerprint density at radius 1 is 1.11 bits per heavy atom. The van der Waals surface area contributed by atoms with Gasteiger partial charge >= 0.3 is 23.3 Å². The van der Waals surface area contributed by atoms with Crippen molar-refractivity contribution in [3.05, 3.63) is 0 Å². The number of carbonyl (C=O) groups is 1. The molecular weight excluding hydrogens is 313 g/mol. The highest BCUT2D eigenvalue weighted by molar-refractivity contribution is 7.80. The predicted octanol–water partition coefficient (Wildman–Crippen LogP) is 2.32. The Morgan fingerprint density at radius 3 is 1.95 bits per heavy atom. The molecule has 0 aromatic heterocycles. The summed E-state index contributed by atoms with van der Waals surface area (Å²) in [6.45, 7) is -1.18. The molecule has 0 fully saturated rings. The summed E-state index contributed by atoms with van der Waals surface area (Å²) in [5.74, 6) is -7.56. The third-order valence-corrected chi connectivity index (χ3v) is 2.48. The molecule has 0 spiro atoms. The van der Waals surface area contributed by atoms with Crippen molar-refractivity contribution < 1.29 is 49.0 Å². The van der Waals surface area contributed by atoms with Gasteiger partial charge in [0.25, 0.3) is 0 Å². The van der Waals surface area contributed by atoms with E-state index in [1.54, 1.807) is 0 Å². The Bertz CT molecular complexity index is 354. The first-order chi connectivity index (χ1) is 8.32.